The lowest BCUT2D eigenvalue weighted by atomic mass is 10.1. The minimum absolute atomic E-state index is 0.0189. The zero-order chi connectivity index (χ0) is 14.0. The van der Waals surface area contributed by atoms with Crippen molar-refractivity contribution in [1.29, 1.82) is 0 Å². The van der Waals surface area contributed by atoms with Crippen LogP contribution >= 0.6 is 0 Å². The molecule has 1 aromatic heterocycles. The Bertz CT molecular complexity index is 443. The van der Waals surface area contributed by atoms with Gasteiger partial charge in [0, 0.05) is 18.5 Å². The zero-order valence-corrected chi connectivity index (χ0v) is 12.2. The molecule has 1 aliphatic rings. The summed E-state index contributed by atoms with van der Waals surface area (Å²) >= 11 is 0. The minimum Gasteiger partial charge on any atom is -0.394 e. The Morgan fingerprint density at radius 3 is 2.37 bits per heavy atom. The van der Waals surface area contributed by atoms with E-state index in [1.165, 1.54) is 12.8 Å². The van der Waals surface area contributed by atoms with Gasteiger partial charge >= 0.3 is 0 Å². The fourth-order valence-electron chi connectivity index (χ4n) is 2.04. The molecule has 0 aliphatic heterocycles. The third-order valence-electron chi connectivity index (χ3n) is 3.67. The number of rotatable bonds is 6. The van der Waals surface area contributed by atoms with E-state index in [0.29, 0.717) is 11.8 Å². The molecular weight excluding hydrogens is 240 g/mol. The van der Waals surface area contributed by atoms with Gasteiger partial charge in [-0.15, -0.1) is 0 Å². The molecule has 0 saturated heterocycles. The predicted molar refractivity (Wildman–Crippen MR) is 77.6 cm³/mol. The first kappa shape index (κ1) is 14.1. The Labute approximate surface area is 114 Å². The van der Waals surface area contributed by atoms with Gasteiger partial charge in [-0.05, 0) is 25.7 Å². The van der Waals surface area contributed by atoms with Crippen LogP contribution in [0.3, 0.4) is 0 Å². The standard InChI is InChI=1S/C14H24N4O/c1-8(2)11(7-19)16-13-9(3)12(15-4)17-14(18-13)10-5-6-10/h8,10-11,19H,5-7H2,1-4H3,(H2,15,16,17,18). The second-order valence-electron chi connectivity index (χ2n) is 5.61. The molecule has 1 unspecified atom stereocenters. The Morgan fingerprint density at radius 1 is 1.26 bits per heavy atom. The van der Waals surface area contributed by atoms with E-state index in [1.807, 2.05) is 14.0 Å². The SMILES string of the molecule is CNc1nc(C2CC2)nc(NC(CO)C(C)C)c1C. The Kier molecular flexibility index (Phi) is 4.24. The number of aliphatic hydroxyl groups is 1. The van der Waals surface area contributed by atoms with E-state index in [0.717, 1.165) is 23.0 Å². The van der Waals surface area contributed by atoms with E-state index in [4.69, 9.17) is 0 Å². The van der Waals surface area contributed by atoms with Gasteiger partial charge in [-0.2, -0.15) is 0 Å². The van der Waals surface area contributed by atoms with Crippen molar-refractivity contribution in [3.63, 3.8) is 0 Å². The number of hydrogen-bond acceptors (Lipinski definition) is 5. The van der Waals surface area contributed by atoms with Crippen LogP contribution in [0.25, 0.3) is 0 Å². The third kappa shape index (κ3) is 3.15. The van der Waals surface area contributed by atoms with Gasteiger partial charge in [-0.3, -0.25) is 0 Å². The molecule has 1 aromatic rings. The third-order valence-corrected chi connectivity index (χ3v) is 3.67. The molecule has 2 rings (SSSR count). The van der Waals surface area contributed by atoms with Crippen molar-refractivity contribution in [2.45, 2.75) is 45.6 Å². The lowest BCUT2D eigenvalue weighted by molar-refractivity contribution is 0.249. The summed E-state index contributed by atoms with van der Waals surface area (Å²) in [5.41, 5.74) is 1.01. The average Bonchev–Trinajstić information content (AvgIpc) is 3.21. The van der Waals surface area contributed by atoms with Gasteiger partial charge in [0.1, 0.15) is 17.5 Å². The summed E-state index contributed by atoms with van der Waals surface area (Å²) in [5.74, 6) is 3.49. The number of nitrogens with zero attached hydrogens (tertiary/aromatic N) is 2. The van der Waals surface area contributed by atoms with Crippen LogP contribution in [0, 0.1) is 12.8 Å². The number of aliphatic hydroxyl groups excluding tert-OH is 1. The molecule has 0 aromatic carbocycles. The average molecular weight is 264 g/mol. The van der Waals surface area contributed by atoms with Crippen molar-refractivity contribution in [1.82, 2.24) is 9.97 Å². The summed E-state index contributed by atoms with van der Waals surface area (Å²) in [6.45, 7) is 6.28. The summed E-state index contributed by atoms with van der Waals surface area (Å²) in [6.07, 6.45) is 2.36. The predicted octanol–water partition coefficient (Wildman–Crippen LogP) is 2.13. The van der Waals surface area contributed by atoms with Crippen LogP contribution in [0.15, 0.2) is 0 Å². The molecule has 1 saturated carbocycles. The first-order chi connectivity index (χ1) is 9.06. The molecule has 1 atom stereocenters. The lowest BCUT2D eigenvalue weighted by Crippen LogP contribution is -2.30. The van der Waals surface area contributed by atoms with Crippen LogP contribution in [-0.2, 0) is 0 Å². The Hall–Kier alpha value is -1.36. The van der Waals surface area contributed by atoms with Gasteiger partial charge in [-0.1, -0.05) is 13.8 Å². The Morgan fingerprint density at radius 2 is 1.89 bits per heavy atom. The molecule has 1 fully saturated rings. The van der Waals surface area contributed by atoms with Gasteiger partial charge < -0.3 is 15.7 Å². The van der Waals surface area contributed by atoms with E-state index < -0.39 is 0 Å². The van der Waals surface area contributed by atoms with Crippen molar-refractivity contribution in [2.24, 2.45) is 5.92 Å². The highest BCUT2D eigenvalue weighted by molar-refractivity contribution is 5.57. The van der Waals surface area contributed by atoms with Crippen molar-refractivity contribution in [3.8, 4) is 0 Å². The quantitative estimate of drug-likeness (QED) is 0.734. The largest absolute Gasteiger partial charge is 0.394 e. The molecule has 3 N–H and O–H groups in total. The highest BCUT2D eigenvalue weighted by Gasteiger charge is 2.28. The fraction of sp³-hybridized carbons (Fsp3) is 0.714. The smallest absolute Gasteiger partial charge is 0.136 e. The zero-order valence-electron chi connectivity index (χ0n) is 12.2. The lowest BCUT2D eigenvalue weighted by Gasteiger charge is -2.22. The maximum absolute atomic E-state index is 9.44. The van der Waals surface area contributed by atoms with Crippen molar-refractivity contribution >= 4 is 11.6 Å². The molecule has 0 bridgehead atoms. The molecule has 5 nitrogen and oxygen atoms in total. The number of hydrogen-bond donors (Lipinski definition) is 3. The molecule has 19 heavy (non-hydrogen) atoms. The highest BCUT2D eigenvalue weighted by atomic mass is 16.3. The molecular formula is C14H24N4O. The summed E-state index contributed by atoms with van der Waals surface area (Å²) < 4.78 is 0. The molecule has 0 radical (unpaired) electrons. The van der Waals surface area contributed by atoms with Crippen LogP contribution in [0.4, 0.5) is 11.6 Å². The normalized spacial score (nSPS) is 16.5. The van der Waals surface area contributed by atoms with Crippen molar-refractivity contribution in [3.05, 3.63) is 11.4 Å². The van der Waals surface area contributed by atoms with Gasteiger partial charge in [0.2, 0.25) is 0 Å². The van der Waals surface area contributed by atoms with Gasteiger partial charge in [0.25, 0.3) is 0 Å². The monoisotopic (exact) mass is 264 g/mol. The second kappa shape index (κ2) is 5.74. The van der Waals surface area contributed by atoms with E-state index in [2.05, 4.69) is 34.4 Å². The minimum atomic E-state index is 0.0189. The summed E-state index contributed by atoms with van der Waals surface area (Å²) in [4.78, 5) is 9.21. The summed E-state index contributed by atoms with van der Waals surface area (Å²) in [7, 11) is 1.88. The van der Waals surface area contributed by atoms with Crippen molar-refractivity contribution in [2.75, 3.05) is 24.3 Å². The van der Waals surface area contributed by atoms with E-state index in [1.54, 1.807) is 0 Å². The molecule has 106 valence electrons. The summed E-state index contributed by atoms with van der Waals surface area (Å²) in [5, 5.41) is 15.9. The summed E-state index contributed by atoms with van der Waals surface area (Å²) in [6, 6.07) is 0.0189. The van der Waals surface area contributed by atoms with Crippen molar-refractivity contribution < 1.29 is 5.11 Å². The first-order valence-corrected chi connectivity index (χ1v) is 7.00. The maximum atomic E-state index is 9.44. The van der Waals surface area contributed by atoms with E-state index >= 15 is 0 Å². The molecule has 1 heterocycles. The van der Waals surface area contributed by atoms with E-state index in [9.17, 15) is 5.11 Å². The first-order valence-electron chi connectivity index (χ1n) is 7.00. The maximum Gasteiger partial charge on any atom is 0.136 e. The Balaban J connectivity index is 2.29. The molecule has 5 heteroatoms. The van der Waals surface area contributed by atoms with Gasteiger partial charge in [-0.25, -0.2) is 9.97 Å². The number of nitrogens with one attached hydrogen (secondary N) is 2. The molecule has 0 amide bonds. The van der Waals surface area contributed by atoms with Crippen LogP contribution in [-0.4, -0.2) is 34.8 Å². The van der Waals surface area contributed by atoms with Crippen LogP contribution in [0.1, 0.15) is 44.0 Å². The number of anilines is 2. The second-order valence-corrected chi connectivity index (χ2v) is 5.61. The van der Waals surface area contributed by atoms with Gasteiger partial charge in [0.15, 0.2) is 0 Å². The topological polar surface area (TPSA) is 70.1 Å². The van der Waals surface area contributed by atoms with Crippen LogP contribution in [0.5, 0.6) is 0 Å². The number of aromatic nitrogens is 2. The van der Waals surface area contributed by atoms with E-state index in [-0.39, 0.29) is 12.6 Å². The molecule has 0 spiro atoms. The fourth-order valence-corrected chi connectivity index (χ4v) is 2.04. The van der Waals surface area contributed by atoms with Crippen LogP contribution in [0.2, 0.25) is 0 Å². The molecule has 1 aliphatic carbocycles. The highest BCUT2D eigenvalue weighted by Crippen LogP contribution is 2.39. The van der Waals surface area contributed by atoms with Crippen LogP contribution < -0.4 is 10.6 Å². The van der Waals surface area contributed by atoms with Gasteiger partial charge in [0.05, 0.1) is 12.6 Å².